The van der Waals surface area contributed by atoms with Crippen LogP contribution in [0.15, 0.2) is 54.7 Å². The van der Waals surface area contributed by atoms with E-state index in [1.807, 2.05) is 41.0 Å². The number of nitrogens with zero attached hydrogens (tertiary/aromatic N) is 1. The number of aromatic nitrogens is 1. The summed E-state index contributed by atoms with van der Waals surface area (Å²) in [6.07, 6.45) is 4.28. The first-order chi connectivity index (χ1) is 12.2. The Balaban J connectivity index is 1.71. The number of nitrogens with one attached hydrogen (secondary N) is 1. The van der Waals surface area contributed by atoms with E-state index < -0.39 is 0 Å². The Bertz CT molecular complexity index is 882. The molecule has 0 atom stereocenters. The van der Waals surface area contributed by atoms with Crippen molar-refractivity contribution >= 4 is 23.1 Å². The van der Waals surface area contributed by atoms with Gasteiger partial charge in [0.25, 0.3) is 0 Å². The topological polar surface area (TPSA) is 51.1 Å². The molecule has 0 saturated heterocycles. The van der Waals surface area contributed by atoms with Gasteiger partial charge in [-0.3, -0.25) is 9.59 Å². The standard InChI is InChI=1S/C21H22N2O2/c1-2-17-9-6-10-19-18(15-24)13-23(21(17)19)14-20(25)22-12-11-16-7-4-3-5-8-16/h3-10,13,15H,2,11-12,14H2,1H3,(H,22,25). The molecule has 25 heavy (non-hydrogen) atoms. The number of rotatable bonds is 7. The molecular weight excluding hydrogens is 312 g/mol. The second kappa shape index (κ2) is 7.79. The minimum absolute atomic E-state index is 0.0452. The van der Waals surface area contributed by atoms with E-state index in [-0.39, 0.29) is 12.5 Å². The van der Waals surface area contributed by atoms with Gasteiger partial charge in [0.2, 0.25) is 5.91 Å². The number of carbonyl (C=O) groups excluding carboxylic acids is 2. The molecule has 0 aliphatic heterocycles. The molecule has 2 aromatic carbocycles. The summed E-state index contributed by atoms with van der Waals surface area (Å²) < 4.78 is 1.88. The number of aldehydes is 1. The van der Waals surface area contributed by atoms with Crippen LogP contribution in [0.1, 0.15) is 28.4 Å². The van der Waals surface area contributed by atoms with Crippen LogP contribution in [-0.2, 0) is 24.2 Å². The van der Waals surface area contributed by atoms with Crippen molar-refractivity contribution in [3.63, 3.8) is 0 Å². The highest BCUT2D eigenvalue weighted by atomic mass is 16.2. The van der Waals surface area contributed by atoms with Crippen LogP contribution in [0.3, 0.4) is 0 Å². The van der Waals surface area contributed by atoms with Crippen molar-refractivity contribution in [2.75, 3.05) is 6.54 Å². The zero-order valence-corrected chi connectivity index (χ0v) is 14.4. The summed E-state index contributed by atoms with van der Waals surface area (Å²) in [5.41, 5.74) is 3.95. The zero-order chi connectivity index (χ0) is 17.6. The Morgan fingerprint density at radius 1 is 1.12 bits per heavy atom. The van der Waals surface area contributed by atoms with E-state index in [1.54, 1.807) is 6.20 Å². The molecular formula is C21H22N2O2. The molecule has 0 radical (unpaired) electrons. The molecule has 3 rings (SSSR count). The Hall–Kier alpha value is -2.88. The highest BCUT2D eigenvalue weighted by molar-refractivity contribution is 5.99. The third kappa shape index (κ3) is 3.79. The third-order valence-electron chi connectivity index (χ3n) is 4.41. The summed E-state index contributed by atoms with van der Waals surface area (Å²) >= 11 is 0. The molecule has 1 heterocycles. The number of carbonyl (C=O) groups is 2. The van der Waals surface area contributed by atoms with Gasteiger partial charge < -0.3 is 9.88 Å². The van der Waals surface area contributed by atoms with Crippen molar-refractivity contribution in [3.05, 3.63) is 71.4 Å². The van der Waals surface area contributed by atoms with Gasteiger partial charge >= 0.3 is 0 Å². The number of para-hydroxylation sites is 1. The van der Waals surface area contributed by atoms with Crippen LogP contribution in [0.25, 0.3) is 10.9 Å². The van der Waals surface area contributed by atoms with Crippen molar-refractivity contribution < 1.29 is 9.59 Å². The highest BCUT2D eigenvalue weighted by Gasteiger charge is 2.13. The second-order valence-electron chi connectivity index (χ2n) is 6.08. The van der Waals surface area contributed by atoms with Gasteiger partial charge in [-0.05, 0) is 24.0 Å². The molecule has 3 aromatic rings. The van der Waals surface area contributed by atoms with Gasteiger partial charge in [-0.25, -0.2) is 0 Å². The van der Waals surface area contributed by atoms with E-state index in [4.69, 9.17) is 0 Å². The Morgan fingerprint density at radius 2 is 1.92 bits per heavy atom. The van der Waals surface area contributed by atoms with Crippen LogP contribution < -0.4 is 5.32 Å². The van der Waals surface area contributed by atoms with Gasteiger partial charge in [-0.1, -0.05) is 55.5 Å². The molecule has 4 nitrogen and oxygen atoms in total. The fourth-order valence-electron chi connectivity index (χ4n) is 3.17. The molecule has 0 aliphatic carbocycles. The van der Waals surface area contributed by atoms with E-state index in [2.05, 4.69) is 24.4 Å². The van der Waals surface area contributed by atoms with Gasteiger partial charge in [-0.15, -0.1) is 0 Å². The molecule has 0 aliphatic rings. The maximum absolute atomic E-state index is 12.3. The van der Waals surface area contributed by atoms with Crippen LogP contribution >= 0.6 is 0 Å². The monoisotopic (exact) mass is 334 g/mol. The quantitative estimate of drug-likeness (QED) is 0.674. The first-order valence-corrected chi connectivity index (χ1v) is 8.59. The Kier molecular flexibility index (Phi) is 5.29. The number of hydrogen-bond acceptors (Lipinski definition) is 2. The molecule has 0 bridgehead atoms. The second-order valence-corrected chi connectivity index (χ2v) is 6.08. The average molecular weight is 334 g/mol. The first kappa shape index (κ1) is 17.0. The van der Waals surface area contributed by atoms with Gasteiger partial charge in [0.15, 0.2) is 6.29 Å². The molecule has 0 saturated carbocycles. The molecule has 128 valence electrons. The summed E-state index contributed by atoms with van der Waals surface area (Å²) in [5, 5.41) is 3.87. The van der Waals surface area contributed by atoms with Crippen molar-refractivity contribution in [2.45, 2.75) is 26.3 Å². The van der Waals surface area contributed by atoms with Gasteiger partial charge in [0, 0.05) is 23.7 Å². The smallest absolute Gasteiger partial charge is 0.239 e. The van der Waals surface area contributed by atoms with Crippen molar-refractivity contribution in [3.8, 4) is 0 Å². The van der Waals surface area contributed by atoms with Crippen molar-refractivity contribution in [2.24, 2.45) is 0 Å². The lowest BCUT2D eigenvalue weighted by Crippen LogP contribution is -2.29. The molecule has 1 N–H and O–H groups in total. The summed E-state index contributed by atoms with van der Waals surface area (Å²) in [5.74, 6) is -0.0452. The molecule has 4 heteroatoms. The normalized spacial score (nSPS) is 10.8. The minimum Gasteiger partial charge on any atom is -0.354 e. The first-order valence-electron chi connectivity index (χ1n) is 8.59. The molecule has 0 unspecified atom stereocenters. The Morgan fingerprint density at radius 3 is 2.64 bits per heavy atom. The molecule has 0 fully saturated rings. The summed E-state index contributed by atoms with van der Waals surface area (Å²) in [6.45, 7) is 2.89. The predicted octanol–water partition coefficient (Wildman–Crippen LogP) is 3.38. The largest absolute Gasteiger partial charge is 0.354 e. The average Bonchev–Trinajstić information content (AvgIpc) is 3.00. The van der Waals surface area contributed by atoms with Crippen LogP contribution in [0.5, 0.6) is 0 Å². The number of fused-ring (bicyclic) bond motifs is 1. The van der Waals surface area contributed by atoms with Crippen LogP contribution in [0.2, 0.25) is 0 Å². The third-order valence-corrected chi connectivity index (χ3v) is 4.41. The van der Waals surface area contributed by atoms with Gasteiger partial charge in [-0.2, -0.15) is 0 Å². The zero-order valence-electron chi connectivity index (χ0n) is 14.4. The maximum atomic E-state index is 12.3. The van der Waals surface area contributed by atoms with Crippen molar-refractivity contribution in [1.82, 2.24) is 9.88 Å². The van der Waals surface area contributed by atoms with Crippen molar-refractivity contribution in [1.29, 1.82) is 0 Å². The lowest BCUT2D eigenvalue weighted by atomic mass is 10.1. The van der Waals surface area contributed by atoms with E-state index in [1.165, 1.54) is 5.56 Å². The highest BCUT2D eigenvalue weighted by Crippen LogP contribution is 2.24. The van der Waals surface area contributed by atoms with E-state index in [9.17, 15) is 9.59 Å². The van der Waals surface area contributed by atoms with E-state index >= 15 is 0 Å². The lowest BCUT2D eigenvalue weighted by molar-refractivity contribution is -0.121. The summed E-state index contributed by atoms with van der Waals surface area (Å²) in [6, 6.07) is 16.0. The fourth-order valence-corrected chi connectivity index (χ4v) is 3.17. The van der Waals surface area contributed by atoms with Crippen LogP contribution in [-0.4, -0.2) is 23.3 Å². The fraction of sp³-hybridized carbons (Fsp3) is 0.238. The molecule has 0 spiro atoms. The summed E-state index contributed by atoms with van der Waals surface area (Å²) in [4.78, 5) is 23.7. The van der Waals surface area contributed by atoms with E-state index in [0.717, 1.165) is 35.6 Å². The predicted molar refractivity (Wildman–Crippen MR) is 99.9 cm³/mol. The number of benzene rings is 2. The minimum atomic E-state index is -0.0452. The molecule has 1 aromatic heterocycles. The molecule has 1 amide bonds. The van der Waals surface area contributed by atoms with Crippen LogP contribution in [0, 0.1) is 0 Å². The number of amides is 1. The maximum Gasteiger partial charge on any atom is 0.239 e. The van der Waals surface area contributed by atoms with Gasteiger partial charge in [0.1, 0.15) is 6.54 Å². The summed E-state index contributed by atoms with van der Waals surface area (Å²) in [7, 11) is 0. The SMILES string of the molecule is CCc1cccc2c(C=O)cn(CC(=O)NCCc3ccccc3)c12. The number of hydrogen-bond donors (Lipinski definition) is 1. The van der Waals surface area contributed by atoms with E-state index in [0.29, 0.717) is 12.1 Å². The number of aryl methyl sites for hydroxylation is 1. The Labute approximate surface area is 147 Å². The van der Waals surface area contributed by atoms with Crippen LogP contribution in [0.4, 0.5) is 0 Å². The lowest BCUT2D eigenvalue weighted by Gasteiger charge is -2.09. The van der Waals surface area contributed by atoms with Gasteiger partial charge in [0.05, 0.1) is 5.52 Å².